The minimum atomic E-state index is -0.831. The highest BCUT2D eigenvalue weighted by atomic mass is 16.3. The number of likely N-dealkylation sites (tertiary alicyclic amines) is 1. The number of allylic oxidation sites excluding steroid dienone is 1. The Bertz CT molecular complexity index is 369. The summed E-state index contributed by atoms with van der Waals surface area (Å²) in [6, 6.07) is 0. The third-order valence-corrected chi connectivity index (χ3v) is 2.98. The molecule has 1 aliphatic rings. The molecule has 2 N–H and O–H groups in total. The number of hydrogen-bond donors (Lipinski definition) is 2. The number of aliphatic hydroxyl groups is 1. The molecule has 0 saturated carbocycles. The third-order valence-electron chi connectivity index (χ3n) is 2.98. The minimum absolute atomic E-state index is 0.628. The molecular formula is C11H18N4O. The molecular weight excluding hydrogens is 204 g/mol. The summed E-state index contributed by atoms with van der Waals surface area (Å²) in [5.41, 5.74) is 1.12. The van der Waals surface area contributed by atoms with Gasteiger partial charge in [-0.05, 0) is 20.3 Å². The van der Waals surface area contributed by atoms with Crippen molar-refractivity contribution in [2.24, 2.45) is 0 Å². The predicted octanol–water partition coefficient (Wildman–Crippen LogP) is 0.664. The van der Waals surface area contributed by atoms with Crippen LogP contribution in [-0.2, 0) is 5.60 Å². The van der Waals surface area contributed by atoms with E-state index in [-0.39, 0.29) is 0 Å². The number of aromatic nitrogens is 3. The normalized spacial score (nSPS) is 25.9. The van der Waals surface area contributed by atoms with Crippen LogP contribution in [0.15, 0.2) is 17.8 Å². The molecule has 0 aliphatic carbocycles. The Morgan fingerprint density at radius 1 is 1.69 bits per heavy atom. The molecule has 0 radical (unpaired) electrons. The third kappa shape index (κ3) is 2.31. The maximum Gasteiger partial charge on any atom is 0.124 e. The largest absolute Gasteiger partial charge is 0.382 e. The minimum Gasteiger partial charge on any atom is -0.382 e. The second kappa shape index (κ2) is 4.35. The zero-order valence-electron chi connectivity index (χ0n) is 9.77. The van der Waals surface area contributed by atoms with Gasteiger partial charge in [0.1, 0.15) is 11.3 Å². The highest BCUT2D eigenvalue weighted by molar-refractivity contribution is 5.11. The summed E-state index contributed by atoms with van der Waals surface area (Å²) < 4.78 is 0. The van der Waals surface area contributed by atoms with Crippen molar-refractivity contribution in [2.75, 3.05) is 19.6 Å². The van der Waals surface area contributed by atoms with E-state index in [2.05, 4.69) is 40.2 Å². The standard InChI is InChI=1S/C11H18N4O/c1-9(2)3-5-15-6-4-11(16,8-15)10-7-12-14-13-10/h3,7,16H,4-6,8H2,1-2H3,(H,12,13,14). The lowest BCUT2D eigenvalue weighted by Gasteiger charge is -2.20. The molecule has 16 heavy (non-hydrogen) atoms. The summed E-state index contributed by atoms with van der Waals surface area (Å²) in [6.07, 6.45) is 4.50. The average Bonchev–Trinajstić information content (AvgIpc) is 2.84. The molecule has 1 unspecified atom stereocenters. The molecule has 1 atom stereocenters. The second-order valence-electron chi connectivity index (χ2n) is 4.65. The van der Waals surface area contributed by atoms with Gasteiger partial charge in [-0.3, -0.25) is 4.90 Å². The molecule has 1 aliphatic heterocycles. The van der Waals surface area contributed by atoms with Crippen molar-refractivity contribution in [3.05, 3.63) is 23.5 Å². The number of hydrogen-bond acceptors (Lipinski definition) is 4. The van der Waals surface area contributed by atoms with Gasteiger partial charge in [0, 0.05) is 19.6 Å². The van der Waals surface area contributed by atoms with E-state index in [1.807, 2.05) is 0 Å². The SMILES string of the molecule is CC(C)=CCN1CCC(O)(c2cn[nH]n2)C1. The maximum atomic E-state index is 10.4. The zero-order valence-corrected chi connectivity index (χ0v) is 9.77. The van der Waals surface area contributed by atoms with E-state index in [4.69, 9.17) is 0 Å². The first-order valence-corrected chi connectivity index (χ1v) is 5.54. The molecule has 0 spiro atoms. The highest BCUT2D eigenvalue weighted by Crippen LogP contribution is 2.29. The van der Waals surface area contributed by atoms with Crippen LogP contribution in [0.3, 0.4) is 0 Å². The summed E-state index contributed by atoms with van der Waals surface area (Å²) in [4.78, 5) is 2.22. The van der Waals surface area contributed by atoms with E-state index in [1.165, 1.54) is 5.57 Å². The quantitative estimate of drug-likeness (QED) is 0.738. The van der Waals surface area contributed by atoms with Crippen molar-refractivity contribution in [2.45, 2.75) is 25.9 Å². The van der Waals surface area contributed by atoms with Crippen molar-refractivity contribution in [3.63, 3.8) is 0 Å². The molecule has 2 rings (SSSR count). The van der Waals surface area contributed by atoms with Crippen LogP contribution in [-0.4, -0.2) is 45.1 Å². The van der Waals surface area contributed by atoms with Gasteiger partial charge in [-0.2, -0.15) is 15.4 Å². The van der Waals surface area contributed by atoms with E-state index in [9.17, 15) is 5.11 Å². The molecule has 1 saturated heterocycles. The van der Waals surface area contributed by atoms with Crippen LogP contribution >= 0.6 is 0 Å². The van der Waals surface area contributed by atoms with Gasteiger partial charge in [-0.25, -0.2) is 0 Å². The lowest BCUT2D eigenvalue weighted by atomic mass is 10.0. The Kier molecular flexibility index (Phi) is 3.07. The smallest absolute Gasteiger partial charge is 0.124 e. The fraction of sp³-hybridized carbons (Fsp3) is 0.636. The van der Waals surface area contributed by atoms with Gasteiger partial charge < -0.3 is 5.11 Å². The van der Waals surface area contributed by atoms with Crippen molar-refractivity contribution >= 4 is 0 Å². The number of rotatable bonds is 3. The Balaban J connectivity index is 2.00. The summed E-state index contributed by atoms with van der Waals surface area (Å²) in [7, 11) is 0. The van der Waals surface area contributed by atoms with Crippen molar-refractivity contribution in [1.29, 1.82) is 0 Å². The lowest BCUT2D eigenvalue weighted by Crippen LogP contribution is -2.31. The fourth-order valence-electron chi connectivity index (χ4n) is 1.97. The molecule has 1 fully saturated rings. The number of nitrogens with one attached hydrogen (secondary N) is 1. The summed E-state index contributed by atoms with van der Waals surface area (Å²) in [5, 5.41) is 20.7. The van der Waals surface area contributed by atoms with Crippen LogP contribution in [0.25, 0.3) is 0 Å². The molecule has 5 heteroatoms. The summed E-state index contributed by atoms with van der Waals surface area (Å²) in [5.74, 6) is 0. The molecule has 2 heterocycles. The predicted molar refractivity (Wildman–Crippen MR) is 60.8 cm³/mol. The van der Waals surface area contributed by atoms with E-state index < -0.39 is 5.60 Å². The molecule has 88 valence electrons. The Labute approximate surface area is 95.2 Å². The molecule has 0 bridgehead atoms. The number of aromatic amines is 1. The Morgan fingerprint density at radius 2 is 2.50 bits per heavy atom. The second-order valence-corrected chi connectivity index (χ2v) is 4.65. The fourth-order valence-corrected chi connectivity index (χ4v) is 1.97. The van der Waals surface area contributed by atoms with E-state index in [1.54, 1.807) is 6.20 Å². The average molecular weight is 222 g/mol. The lowest BCUT2D eigenvalue weighted by molar-refractivity contribution is 0.0429. The summed E-state index contributed by atoms with van der Waals surface area (Å²) in [6.45, 7) is 6.58. The van der Waals surface area contributed by atoms with Crippen molar-refractivity contribution in [1.82, 2.24) is 20.3 Å². The Morgan fingerprint density at radius 3 is 3.12 bits per heavy atom. The van der Waals surface area contributed by atoms with Crippen molar-refractivity contribution < 1.29 is 5.11 Å². The van der Waals surface area contributed by atoms with Gasteiger partial charge >= 0.3 is 0 Å². The molecule has 1 aromatic rings. The molecule has 1 aromatic heterocycles. The van der Waals surface area contributed by atoms with Crippen LogP contribution in [0, 0.1) is 0 Å². The number of β-amino-alcohol motifs (C(OH)–C–C–N with tert-alkyl or cyclic N) is 1. The van der Waals surface area contributed by atoms with Crippen LogP contribution in [0.4, 0.5) is 0 Å². The van der Waals surface area contributed by atoms with Gasteiger partial charge in [-0.1, -0.05) is 11.6 Å². The van der Waals surface area contributed by atoms with E-state index in [0.29, 0.717) is 12.2 Å². The topological polar surface area (TPSA) is 65.0 Å². The number of H-pyrrole nitrogens is 1. The maximum absolute atomic E-state index is 10.4. The highest BCUT2D eigenvalue weighted by Gasteiger charge is 2.39. The zero-order chi connectivity index (χ0) is 11.6. The van der Waals surface area contributed by atoms with Crippen molar-refractivity contribution in [3.8, 4) is 0 Å². The molecule has 5 nitrogen and oxygen atoms in total. The van der Waals surface area contributed by atoms with Gasteiger partial charge in [0.05, 0.1) is 6.20 Å². The Hall–Kier alpha value is -1.20. The summed E-state index contributed by atoms with van der Waals surface area (Å²) >= 11 is 0. The monoisotopic (exact) mass is 222 g/mol. The van der Waals surface area contributed by atoms with Gasteiger partial charge in [0.2, 0.25) is 0 Å². The number of nitrogens with zero attached hydrogens (tertiary/aromatic N) is 3. The van der Waals surface area contributed by atoms with Crippen LogP contribution in [0.2, 0.25) is 0 Å². The van der Waals surface area contributed by atoms with E-state index >= 15 is 0 Å². The van der Waals surface area contributed by atoms with Crippen LogP contribution < -0.4 is 0 Å². The van der Waals surface area contributed by atoms with E-state index in [0.717, 1.165) is 19.5 Å². The first-order chi connectivity index (χ1) is 7.60. The first kappa shape index (κ1) is 11.3. The first-order valence-electron chi connectivity index (χ1n) is 5.54. The van der Waals surface area contributed by atoms with Gasteiger partial charge in [0.15, 0.2) is 0 Å². The van der Waals surface area contributed by atoms with Crippen LogP contribution in [0.1, 0.15) is 26.0 Å². The van der Waals surface area contributed by atoms with Crippen LogP contribution in [0.5, 0.6) is 0 Å². The van der Waals surface area contributed by atoms with Gasteiger partial charge in [-0.15, -0.1) is 0 Å². The molecule has 0 amide bonds. The molecule has 0 aromatic carbocycles. The van der Waals surface area contributed by atoms with Gasteiger partial charge in [0.25, 0.3) is 0 Å².